The van der Waals surface area contributed by atoms with Crippen LogP contribution < -0.4 is 10.6 Å². The molecule has 116 valence electrons. The fraction of sp³-hybridized carbons (Fsp3) is 0.667. The molecule has 0 aromatic carbocycles. The predicted molar refractivity (Wildman–Crippen MR) is 81.4 cm³/mol. The molecule has 0 radical (unpaired) electrons. The van der Waals surface area contributed by atoms with E-state index in [9.17, 15) is 4.79 Å². The van der Waals surface area contributed by atoms with Crippen LogP contribution in [0, 0.1) is 0 Å². The summed E-state index contributed by atoms with van der Waals surface area (Å²) in [6.07, 6.45) is 10.2. The summed E-state index contributed by atoms with van der Waals surface area (Å²) >= 11 is 0. The van der Waals surface area contributed by atoms with Gasteiger partial charge in [0.25, 0.3) is 5.91 Å². The number of methoxy groups -OCH3 is 1. The normalized spacial score (nSPS) is 15.7. The van der Waals surface area contributed by atoms with Gasteiger partial charge in [0.15, 0.2) is 0 Å². The standard InChI is InChI=1S/C15H24N4O2/c1-21-9-5-8-16-15(20)13-10-18-14(11-17-13)19-12-6-3-2-4-7-12/h10-12H,2-9H2,1H3,(H,16,20)(H,18,19). The van der Waals surface area contributed by atoms with Crippen LogP contribution in [0.5, 0.6) is 0 Å². The van der Waals surface area contributed by atoms with Crippen molar-refractivity contribution in [3.63, 3.8) is 0 Å². The first kappa shape index (κ1) is 15.7. The number of carbonyl (C=O) groups excluding carboxylic acids is 1. The highest BCUT2D eigenvalue weighted by molar-refractivity contribution is 5.91. The van der Waals surface area contributed by atoms with E-state index >= 15 is 0 Å². The number of ether oxygens (including phenoxy) is 1. The zero-order valence-corrected chi connectivity index (χ0v) is 12.6. The number of nitrogens with one attached hydrogen (secondary N) is 2. The minimum atomic E-state index is -0.192. The lowest BCUT2D eigenvalue weighted by atomic mass is 9.96. The predicted octanol–water partition coefficient (Wildman–Crippen LogP) is 1.99. The molecule has 0 atom stereocenters. The molecule has 0 spiro atoms. The minimum Gasteiger partial charge on any atom is -0.385 e. The fourth-order valence-corrected chi connectivity index (χ4v) is 2.48. The van der Waals surface area contributed by atoms with E-state index in [0.29, 0.717) is 24.9 Å². The largest absolute Gasteiger partial charge is 0.385 e. The second-order valence-corrected chi connectivity index (χ2v) is 5.37. The van der Waals surface area contributed by atoms with E-state index in [1.807, 2.05) is 0 Å². The summed E-state index contributed by atoms with van der Waals surface area (Å²) in [6.45, 7) is 1.21. The maximum atomic E-state index is 11.8. The number of nitrogens with zero attached hydrogens (tertiary/aromatic N) is 2. The van der Waals surface area contributed by atoms with E-state index in [0.717, 1.165) is 12.2 Å². The maximum Gasteiger partial charge on any atom is 0.271 e. The Morgan fingerprint density at radius 1 is 1.29 bits per heavy atom. The number of rotatable bonds is 7. The molecule has 6 nitrogen and oxygen atoms in total. The molecule has 0 aliphatic heterocycles. The molecule has 2 rings (SSSR count). The van der Waals surface area contributed by atoms with Gasteiger partial charge in [-0.1, -0.05) is 19.3 Å². The van der Waals surface area contributed by atoms with E-state index in [4.69, 9.17) is 4.74 Å². The lowest BCUT2D eigenvalue weighted by Crippen LogP contribution is -2.27. The van der Waals surface area contributed by atoms with Crippen LogP contribution in [-0.2, 0) is 4.74 Å². The number of hydrogen-bond acceptors (Lipinski definition) is 5. The third-order valence-corrected chi connectivity index (χ3v) is 3.65. The quantitative estimate of drug-likeness (QED) is 0.752. The summed E-state index contributed by atoms with van der Waals surface area (Å²) < 4.78 is 4.93. The smallest absolute Gasteiger partial charge is 0.271 e. The van der Waals surface area contributed by atoms with E-state index in [1.165, 1.54) is 38.3 Å². The van der Waals surface area contributed by atoms with Crippen molar-refractivity contribution >= 4 is 11.7 Å². The first-order valence-electron chi connectivity index (χ1n) is 7.65. The van der Waals surface area contributed by atoms with Crippen molar-refractivity contribution in [2.45, 2.75) is 44.6 Å². The van der Waals surface area contributed by atoms with Crippen LogP contribution in [0.4, 0.5) is 5.82 Å². The Hall–Kier alpha value is -1.69. The molecule has 2 N–H and O–H groups in total. The third kappa shape index (κ3) is 5.30. The average molecular weight is 292 g/mol. The van der Waals surface area contributed by atoms with Gasteiger partial charge in [-0.25, -0.2) is 9.97 Å². The highest BCUT2D eigenvalue weighted by atomic mass is 16.5. The van der Waals surface area contributed by atoms with Crippen LogP contribution in [0.15, 0.2) is 12.4 Å². The molecule has 21 heavy (non-hydrogen) atoms. The van der Waals surface area contributed by atoms with Gasteiger partial charge in [0.05, 0.1) is 12.4 Å². The zero-order valence-electron chi connectivity index (χ0n) is 12.6. The number of aromatic nitrogens is 2. The van der Waals surface area contributed by atoms with E-state index in [2.05, 4.69) is 20.6 Å². The van der Waals surface area contributed by atoms with Crippen LogP contribution >= 0.6 is 0 Å². The molecule has 1 aromatic rings. The molecule has 1 aliphatic rings. The van der Waals surface area contributed by atoms with Crippen molar-refractivity contribution in [3.05, 3.63) is 18.1 Å². The van der Waals surface area contributed by atoms with Crippen LogP contribution in [-0.4, -0.2) is 42.2 Å². The summed E-state index contributed by atoms with van der Waals surface area (Å²) in [4.78, 5) is 20.3. The number of hydrogen-bond donors (Lipinski definition) is 2. The molecule has 1 aliphatic carbocycles. The van der Waals surface area contributed by atoms with Gasteiger partial charge in [-0.15, -0.1) is 0 Å². The number of anilines is 1. The van der Waals surface area contributed by atoms with Crippen molar-refractivity contribution in [2.75, 3.05) is 25.6 Å². The van der Waals surface area contributed by atoms with E-state index in [1.54, 1.807) is 13.3 Å². The average Bonchev–Trinajstić information content (AvgIpc) is 2.53. The lowest BCUT2D eigenvalue weighted by Gasteiger charge is -2.23. The molecule has 0 unspecified atom stereocenters. The third-order valence-electron chi connectivity index (χ3n) is 3.65. The number of amides is 1. The Balaban J connectivity index is 1.79. The Labute approximate surface area is 125 Å². The summed E-state index contributed by atoms with van der Waals surface area (Å²) in [5, 5.41) is 6.18. The lowest BCUT2D eigenvalue weighted by molar-refractivity contribution is 0.0943. The first-order valence-corrected chi connectivity index (χ1v) is 7.65. The van der Waals surface area contributed by atoms with Crippen LogP contribution in [0.2, 0.25) is 0 Å². The van der Waals surface area contributed by atoms with Crippen LogP contribution in [0.25, 0.3) is 0 Å². The van der Waals surface area contributed by atoms with Gasteiger partial charge in [0.2, 0.25) is 0 Å². The highest BCUT2D eigenvalue weighted by Crippen LogP contribution is 2.20. The number of carbonyl (C=O) groups is 1. The molecule has 6 heteroatoms. The molecule has 1 heterocycles. The summed E-state index contributed by atoms with van der Waals surface area (Å²) in [5.41, 5.74) is 0.349. The molecular formula is C15H24N4O2. The van der Waals surface area contributed by atoms with Gasteiger partial charge in [-0.3, -0.25) is 4.79 Å². The van der Waals surface area contributed by atoms with Crippen LogP contribution in [0.1, 0.15) is 49.0 Å². The Morgan fingerprint density at radius 2 is 2.10 bits per heavy atom. The summed E-state index contributed by atoms with van der Waals surface area (Å²) in [5.74, 6) is 0.556. The highest BCUT2D eigenvalue weighted by Gasteiger charge is 2.14. The summed E-state index contributed by atoms with van der Waals surface area (Å²) in [7, 11) is 1.64. The van der Waals surface area contributed by atoms with E-state index < -0.39 is 0 Å². The SMILES string of the molecule is COCCCNC(=O)c1cnc(NC2CCCCC2)cn1. The zero-order chi connectivity index (χ0) is 14.9. The van der Waals surface area contributed by atoms with Gasteiger partial charge < -0.3 is 15.4 Å². The molecule has 0 bridgehead atoms. The molecule has 1 saturated carbocycles. The monoisotopic (exact) mass is 292 g/mol. The van der Waals surface area contributed by atoms with Crippen molar-refractivity contribution in [1.82, 2.24) is 15.3 Å². The Bertz CT molecular complexity index is 430. The Morgan fingerprint density at radius 3 is 2.76 bits per heavy atom. The second-order valence-electron chi connectivity index (χ2n) is 5.37. The summed E-state index contributed by atoms with van der Waals surface area (Å²) in [6, 6.07) is 0.488. The first-order chi connectivity index (χ1) is 10.3. The second kappa shape index (κ2) is 8.56. The van der Waals surface area contributed by atoms with Crippen molar-refractivity contribution < 1.29 is 9.53 Å². The van der Waals surface area contributed by atoms with Gasteiger partial charge in [-0.2, -0.15) is 0 Å². The molecule has 0 saturated heterocycles. The van der Waals surface area contributed by atoms with Gasteiger partial charge >= 0.3 is 0 Å². The molecule has 1 fully saturated rings. The molecular weight excluding hydrogens is 268 g/mol. The minimum absolute atomic E-state index is 0.192. The van der Waals surface area contributed by atoms with Crippen molar-refractivity contribution in [2.24, 2.45) is 0 Å². The van der Waals surface area contributed by atoms with Crippen LogP contribution in [0.3, 0.4) is 0 Å². The molecule has 1 amide bonds. The fourth-order valence-electron chi connectivity index (χ4n) is 2.48. The molecule has 1 aromatic heterocycles. The van der Waals surface area contributed by atoms with E-state index in [-0.39, 0.29) is 5.91 Å². The van der Waals surface area contributed by atoms with Gasteiger partial charge in [0.1, 0.15) is 11.5 Å². The van der Waals surface area contributed by atoms with Gasteiger partial charge in [0, 0.05) is 26.3 Å². The Kier molecular flexibility index (Phi) is 6.40. The van der Waals surface area contributed by atoms with Crippen molar-refractivity contribution in [1.29, 1.82) is 0 Å². The van der Waals surface area contributed by atoms with Gasteiger partial charge in [-0.05, 0) is 19.3 Å². The maximum absolute atomic E-state index is 11.8. The van der Waals surface area contributed by atoms with Crippen molar-refractivity contribution in [3.8, 4) is 0 Å². The topological polar surface area (TPSA) is 76.1 Å².